The number of aromatic nitrogens is 1. The third-order valence-electron chi connectivity index (χ3n) is 4.24. The minimum atomic E-state index is -4.77. The Morgan fingerprint density at radius 2 is 1.88 bits per heavy atom. The lowest BCUT2D eigenvalue weighted by atomic mass is 9.96. The average molecular weight is 355 g/mol. The van der Waals surface area contributed by atoms with Gasteiger partial charge in [-0.3, -0.25) is 9.59 Å². The van der Waals surface area contributed by atoms with Gasteiger partial charge in [-0.2, -0.15) is 0 Å². The third-order valence-corrected chi connectivity index (χ3v) is 4.24. The molecule has 0 unspecified atom stereocenters. The smallest absolute Gasteiger partial charge is 0.406 e. The van der Waals surface area contributed by atoms with Gasteiger partial charge in [-0.1, -0.05) is 0 Å². The summed E-state index contributed by atoms with van der Waals surface area (Å²) in [6, 6.07) is 5.41. The van der Waals surface area contributed by atoms with E-state index in [1.807, 2.05) is 0 Å². The molecule has 2 heterocycles. The maximum Gasteiger partial charge on any atom is 0.573 e. The first-order valence-electron chi connectivity index (χ1n) is 7.70. The molecule has 0 atom stereocenters. The monoisotopic (exact) mass is 355 g/mol. The third kappa shape index (κ3) is 3.86. The van der Waals surface area contributed by atoms with Gasteiger partial charge >= 0.3 is 6.36 Å². The highest BCUT2D eigenvalue weighted by molar-refractivity contribution is 5.98. The molecule has 1 aliphatic rings. The largest absolute Gasteiger partial charge is 0.573 e. The van der Waals surface area contributed by atoms with Gasteiger partial charge in [0.05, 0.1) is 0 Å². The van der Waals surface area contributed by atoms with Crippen LogP contribution in [0.2, 0.25) is 0 Å². The fraction of sp³-hybridized carbons (Fsp3) is 0.375. The molecule has 0 saturated carbocycles. The Labute approximate surface area is 140 Å². The summed E-state index contributed by atoms with van der Waals surface area (Å²) in [5.74, 6) is -1.22. The molecule has 6 nitrogen and oxygen atoms in total. The minimum absolute atomic E-state index is 0.228. The lowest BCUT2D eigenvalue weighted by molar-refractivity contribution is -0.274. The zero-order valence-electron chi connectivity index (χ0n) is 13.1. The molecule has 3 N–H and O–H groups in total. The zero-order valence-corrected chi connectivity index (χ0v) is 13.1. The van der Waals surface area contributed by atoms with Crippen LogP contribution in [0.1, 0.15) is 23.3 Å². The number of piperidine rings is 1. The van der Waals surface area contributed by atoms with Crippen molar-refractivity contribution in [2.24, 2.45) is 11.7 Å². The number of hydrogen-bond donors (Lipinski definition) is 2. The predicted molar refractivity (Wildman–Crippen MR) is 82.8 cm³/mol. The molecule has 134 valence electrons. The molecule has 1 aromatic heterocycles. The molecule has 9 heteroatoms. The van der Waals surface area contributed by atoms with Crippen LogP contribution in [0, 0.1) is 5.92 Å². The van der Waals surface area contributed by atoms with Gasteiger partial charge in [0.15, 0.2) is 0 Å². The van der Waals surface area contributed by atoms with E-state index >= 15 is 0 Å². The number of nitrogens with zero attached hydrogens (tertiary/aromatic N) is 1. The average Bonchev–Trinajstić information content (AvgIpc) is 2.96. The van der Waals surface area contributed by atoms with Crippen LogP contribution in [0.5, 0.6) is 5.75 Å². The van der Waals surface area contributed by atoms with Gasteiger partial charge in [0.1, 0.15) is 11.4 Å². The molecule has 2 aromatic rings. The van der Waals surface area contributed by atoms with Gasteiger partial charge in [-0.15, -0.1) is 13.2 Å². The molecule has 1 fully saturated rings. The SMILES string of the molecule is NC(=O)C1CCN(C(=O)c2cc3ccc(OC(F)(F)F)cc3[nH]2)CC1. The highest BCUT2D eigenvalue weighted by Gasteiger charge is 2.31. The Bertz CT molecular complexity index is 808. The Morgan fingerprint density at radius 3 is 2.48 bits per heavy atom. The second-order valence-electron chi connectivity index (χ2n) is 5.95. The van der Waals surface area contributed by atoms with Crippen LogP contribution in [-0.2, 0) is 4.79 Å². The summed E-state index contributed by atoms with van der Waals surface area (Å²) in [7, 11) is 0. The van der Waals surface area contributed by atoms with Crippen LogP contribution in [0.4, 0.5) is 13.2 Å². The van der Waals surface area contributed by atoms with Gasteiger partial charge in [0.2, 0.25) is 5.91 Å². The van der Waals surface area contributed by atoms with Crippen molar-refractivity contribution in [2.45, 2.75) is 19.2 Å². The van der Waals surface area contributed by atoms with Crippen molar-refractivity contribution in [1.29, 1.82) is 0 Å². The number of H-pyrrole nitrogens is 1. The standard InChI is InChI=1S/C16H16F3N3O3/c17-16(18,19)25-11-2-1-10-7-13(21-12(10)8-11)15(24)22-5-3-9(4-6-22)14(20)23/h1-2,7-9,21H,3-6H2,(H2,20,23). The summed E-state index contributed by atoms with van der Waals surface area (Å²) < 4.78 is 40.7. The number of likely N-dealkylation sites (tertiary alicyclic amines) is 1. The zero-order chi connectivity index (χ0) is 18.2. The fourth-order valence-corrected chi connectivity index (χ4v) is 2.96. The number of nitrogens with one attached hydrogen (secondary N) is 1. The van der Waals surface area contributed by atoms with E-state index in [4.69, 9.17) is 5.73 Å². The Morgan fingerprint density at radius 1 is 1.20 bits per heavy atom. The number of carbonyl (C=O) groups is 2. The predicted octanol–water partition coefficient (Wildman–Crippen LogP) is 2.40. The Kier molecular flexibility index (Phi) is 4.32. The quantitative estimate of drug-likeness (QED) is 0.886. The lowest BCUT2D eigenvalue weighted by Gasteiger charge is -2.30. The second kappa shape index (κ2) is 6.30. The number of ether oxygens (including phenoxy) is 1. The molecule has 0 radical (unpaired) electrons. The second-order valence-corrected chi connectivity index (χ2v) is 5.95. The van der Waals surface area contributed by atoms with E-state index in [-0.39, 0.29) is 29.2 Å². The first kappa shape index (κ1) is 17.1. The fourth-order valence-electron chi connectivity index (χ4n) is 2.96. The van der Waals surface area contributed by atoms with Gasteiger partial charge < -0.3 is 20.4 Å². The van der Waals surface area contributed by atoms with Crippen molar-refractivity contribution in [3.05, 3.63) is 30.0 Å². The molecule has 2 amide bonds. The number of carbonyl (C=O) groups excluding carboxylic acids is 2. The van der Waals surface area contributed by atoms with E-state index in [0.29, 0.717) is 36.8 Å². The van der Waals surface area contributed by atoms with Crippen LogP contribution >= 0.6 is 0 Å². The van der Waals surface area contributed by atoms with Crippen molar-refractivity contribution < 1.29 is 27.5 Å². The van der Waals surface area contributed by atoms with E-state index in [9.17, 15) is 22.8 Å². The molecule has 25 heavy (non-hydrogen) atoms. The Hall–Kier alpha value is -2.71. The molecular weight excluding hydrogens is 339 g/mol. The molecule has 1 saturated heterocycles. The topological polar surface area (TPSA) is 88.4 Å². The van der Waals surface area contributed by atoms with Crippen molar-refractivity contribution in [3.63, 3.8) is 0 Å². The van der Waals surface area contributed by atoms with E-state index < -0.39 is 6.36 Å². The Balaban J connectivity index is 1.75. The minimum Gasteiger partial charge on any atom is -0.406 e. The molecular formula is C16H16F3N3O3. The summed E-state index contributed by atoms with van der Waals surface area (Å²) in [5, 5.41) is 0.602. The number of fused-ring (bicyclic) bond motifs is 1. The highest BCUT2D eigenvalue weighted by Crippen LogP contribution is 2.27. The number of aromatic amines is 1. The number of amides is 2. The maximum absolute atomic E-state index is 12.5. The molecule has 0 aliphatic carbocycles. The van der Waals surface area contributed by atoms with Gasteiger partial charge in [0.25, 0.3) is 5.91 Å². The summed E-state index contributed by atoms with van der Waals surface area (Å²) in [5.41, 5.74) is 5.92. The number of primary amides is 1. The molecule has 0 spiro atoms. The first-order valence-corrected chi connectivity index (χ1v) is 7.70. The van der Waals surface area contributed by atoms with Crippen molar-refractivity contribution in [1.82, 2.24) is 9.88 Å². The van der Waals surface area contributed by atoms with Crippen molar-refractivity contribution >= 4 is 22.7 Å². The summed E-state index contributed by atoms with van der Waals surface area (Å²) in [4.78, 5) is 28.1. The number of rotatable bonds is 3. The number of halogens is 3. The summed E-state index contributed by atoms with van der Waals surface area (Å²) >= 11 is 0. The van der Waals surface area contributed by atoms with Gasteiger partial charge in [-0.05, 0) is 31.0 Å². The van der Waals surface area contributed by atoms with Crippen LogP contribution in [0.25, 0.3) is 10.9 Å². The van der Waals surface area contributed by atoms with Gasteiger partial charge in [0, 0.05) is 36.0 Å². The van der Waals surface area contributed by atoms with Crippen LogP contribution in [0.3, 0.4) is 0 Å². The van der Waals surface area contributed by atoms with Crippen LogP contribution < -0.4 is 10.5 Å². The van der Waals surface area contributed by atoms with Crippen molar-refractivity contribution in [3.8, 4) is 5.75 Å². The normalized spacial score (nSPS) is 16.2. The molecule has 1 aliphatic heterocycles. The molecule has 3 rings (SSSR count). The number of nitrogens with two attached hydrogens (primary N) is 1. The van der Waals surface area contributed by atoms with Crippen LogP contribution in [-0.4, -0.2) is 41.2 Å². The number of alkyl halides is 3. The first-order chi connectivity index (χ1) is 11.7. The van der Waals surface area contributed by atoms with E-state index in [2.05, 4.69) is 9.72 Å². The molecule has 0 bridgehead atoms. The lowest BCUT2D eigenvalue weighted by Crippen LogP contribution is -2.41. The number of benzene rings is 1. The summed E-state index contributed by atoms with van der Waals surface area (Å²) in [6.07, 6.45) is -3.76. The van der Waals surface area contributed by atoms with E-state index in [0.717, 1.165) is 0 Å². The molecule has 1 aromatic carbocycles. The summed E-state index contributed by atoms with van der Waals surface area (Å²) in [6.45, 7) is 0.814. The van der Waals surface area contributed by atoms with Gasteiger partial charge in [-0.25, -0.2) is 0 Å². The van der Waals surface area contributed by atoms with E-state index in [1.54, 1.807) is 11.0 Å². The van der Waals surface area contributed by atoms with E-state index in [1.165, 1.54) is 18.2 Å². The maximum atomic E-state index is 12.5. The highest BCUT2D eigenvalue weighted by atomic mass is 19.4. The van der Waals surface area contributed by atoms with Crippen molar-refractivity contribution in [2.75, 3.05) is 13.1 Å². The number of hydrogen-bond acceptors (Lipinski definition) is 3. The van der Waals surface area contributed by atoms with Crippen LogP contribution in [0.15, 0.2) is 24.3 Å².